The van der Waals surface area contributed by atoms with Crippen molar-refractivity contribution in [1.82, 2.24) is 24.8 Å². The van der Waals surface area contributed by atoms with Crippen LogP contribution in [0.5, 0.6) is 0 Å². The van der Waals surface area contributed by atoms with Gasteiger partial charge in [-0.15, -0.1) is 11.8 Å². The summed E-state index contributed by atoms with van der Waals surface area (Å²) in [5.74, 6) is -1.63. The molecule has 43 heavy (non-hydrogen) atoms. The monoisotopic (exact) mass is 636 g/mol. The minimum Gasteiger partial charge on any atom is -0.353 e. The van der Waals surface area contributed by atoms with Crippen LogP contribution in [0.1, 0.15) is 25.2 Å². The summed E-state index contributed by atoms with van der Waals surface area (Å²) in [5.41, 5.74) is -2.54. The van der Waals surface area contributed by atoms with E-state index in [1.165, 1.54) is 4.57 Å². The van der Waals surface area contributed by atoms with Crippen LogP contribution in [-0.2, 0) is 19.1 Å². The van der Waals surface area contributed by atoms with Crippen molar-refractivity contribution in [2.75, 3.05) is 23.7 Å². The molecule has 0 radical (unpaired) electrons. The van der Waals surface area contributed by atoms with Gasteiger partial charge >= 0.3 is 11.9 Å². The predicted molar refractivity (Wildman–Crippen MR) is 156 cm³/mol. The normalized spacial score (nSPS) is 20.8. The Labute approximate surface area is 252 Å². The van der Waals surface area contributed by atoms with Gasteiger partial charge in [0.15, 0.2) is 0 Å². The molecular formula is C29H26ClF5N6OS. The molecule has 0 saturated carbocycles. The summed E-state index contributed by atoms with van der Waals surface area (Å²) in [4.78, 5) is 28.5. The van der Waals surface area contributed by atoms with E-state index in [-0.39, 0.29) is 51.9 Å². The Morgan fingerprint density at radius 3 is 2.42 bits per heavy atom. The van der Waals surface area contributed by atoms with E-state index in [1.807, 2.05) is 18.7 Å². The van der Waals surface area contributed by atoms with Gasteiger partial charge in [-0.3, -0.25) is 4.57 Å². The Kier molecular flexibility index (Phi) is 7.84. The number of nitrogens with one attached hydrogen (secondary N) is 1. The molecular weight excluding hydrogens is 611 g/mol. The van der Waals surface area contributed by atoms with Crippen LogP contribution >= 0.6 is 23.4 Å². The average molecular weight is 637 g/mol. The number of hydrogen-bond acceptors (Lipinski definition) is 7. The molecule has 4 heterocycles. The number of nitrogens with zero attached hydrogens (tertiary/aromatic N) is 5. The molecule has 14 heteroatoms. The summed E-state index contributed by atoms with van der Waals surface area (Å²) >= 11 is 7.05. The first kappa shape index (κ1) is 29.8. The molecule has 0 aliphatic carbocycles. The standard InChI is InChI=1S/C29H26ClF5N6OS/c1-14-10-40(11-15(2)38-14)27-18-7-19(29(33,34)35)24(17-8-20(30)22(32)9-21(17)31)26-25(18)41(28(42)39-27)12-16(13-43-26)6-23-36-4-3-5-37-23/h3-5,7-9,14-16,38H,6,10-13H2,1-2H3/t14-,15+,16-/m0/s1. The Hall–Kier alpha value is -3.29. The number of halogens is 6. The first-order valence-electron chi connectivity index (χ1n) is 13.6. The lowest BCUT2D eigenvalue weighted by Crippen LogP contribution is -2.55. The highest BCUT2D eigenvalue weighted by Crippen LogP contribution is 2.49. The van der Waals surface area contributed by atoms with Gasteiger partial charge in [-0.1, -0.05) is 11.6 Å². The maximum absolute atomic E-state index is 15.3. The summed E-state index contributed by atoms with van der Waals surface area (Å²) in [5, 5.41) is 2.98. The van der Waals surface area contributed by atoms with Crippen molar-refractivity contribution in [3.63, 3.8) is 0 Å². The zero-order valence-corrected chi connectivity index (χ0v) is 24.6. The lowest BCUT2D eigenvalue weighted by Gasteiger charge is -2.37. The van der Waals surface area contributed by atoms with Crippen LogP contribution in [0, 0.1) is 17.6 Å². The fraction of sp³-hybridized carbons (Fsp3) is 0.379. The highest BCUT2D eigenvalue weighted by Gasteiger charge is 2.39. The molecule has 7 nitrogen and oxygen atoms in total. The van der Waals surface area contributed by atoms with Crippen LogP contribution in [0.15, 0.2) is 46.3 Å². The van der Waals surface area contributed by atoms with E-state index >= 15 is 4.39 Å². The number of alkyl halides is 3. The number of benzene rings is 2. The molecule has 4 aromatic rings. The number of aromatic nitrogens is 4. The third-order valence-corrected chi connectivity index (χ3v) is 9.25. The van der Waals surface area contributed by atoms with E-state index in [0.29, 0.717) is 31.4 Å². The van der Waals surface area contributed by atoms with E-state index in [4.69, 9.17) is 11.6 Å². The van der Waals surface area contributed by atoms with Gasteiger partial charge in [0.25, 0.3) is 0 Å². The van der Waals surface area contributed by atoms with Crippen LogP contribution < -0.4 is 15.9 Å². The van der Waals surface area contributed by atoms with E-state index in [1.54, 1.807) is 18.5 Å². The number of rotatable bonds is 4. The van der Waals surface area contributed by atoms with Crippen molar-refractivity contribution < 1.29 is 22.0 Å². The first-order valence-corrected chi connectivity index (χ1v) is 15.0. The molecule has 1 fully saturated rings. The summed E-state index contributed by atoms with van der Waals surface area (Å²) in [7, 11) is 0. The number of hydrogen-bond donors (Lipinski definition) is 1. The second-order valence-electron chi connectivity index (χ2n) is 11.0. The van der Waals surface area contributed by atoms with E-state index < -0.39 is 45.2 Å². The molecule has 2 aliphatic heterocycles. The highest BCUT2D eigenvalue weighted by molar-refractivity contribution is 7.99. The Morgan fingerprint density at radius 2 is 1.74 bits per heavy atom. The zero-order valence-electron chi connectivity index (χ0n) is 23.1. The maximum Gasteiger partial charge on any atom is 0.417 e. The van der Waals surface area contributed by atoms with E-state index in [9.17, 15) is 22.4 Å². The summed E-state index contributed by atoms with van der Waals surface area (Å²) in [6, 6.07) is 3.91. The molecule has 1 saturated heterocycles. The van der Waals surface area contributed by atoms with Crippen LogP contribution in [0.2, 0.25) is 5.02 Å². The van der Waals surface area contributed by atoms with Gasteiger partial charge in [-0.05, 0) is 38.0 Å². The Morgan fingerprint density at radius 1 is 1.05 bits per heavy atom. The van der Waals surface area contributed by atoms with Gasteiger partial charge in [0, 0.05) is 83.8 Å². The quantitative estimate of drug-likeness (QED) is 0.219. The van der Waals surface area contributed by atoms with Crippen molar-refractivity contribution in [1.29, 1.82) is 0 Å². The van der Waals surface area contributed by atoms with Crippen molar-refractivity contribution in [3.05, 3.63) is 75.2 Å². The van der Waals surface area contributed by atoms with Gasteiger partial charge in [0.05, 0.1) is 16.1 Å². The van der Waals surface area contributed by atoms with Gasteiger partial charge in [-0.2, -0.15) is 18.2 Å². The summed E-state index contributed by atoms with van der Waals surface area (Å²) in [6.45, 7) is 4.85. The van der Waals surface area contributed by atoms with Gasteiger partial charge in [-0.25, -0.2) is 23.5 Å². The Bertz CT molecular complexity index is 1760. The molecule has 2 aromatic carbocycles. The zero-order chi connectivity index (χ0) is 30.6. The number of anilines is 1. The number of piperazine rings is 1. The van der Waals surface area contributed by atoms with Crippen LogP contribution in [-0.4, -0.2) is 50.4 Å². The molecule has 0 bridgehead atoms. The van der Waals surface area contributed by atoms with Crippen LogP contribution in [0.25, 0.3) is 22.0 Å². The molecule has 3 atom stereocenters. The molecule has 0 amide bonds. The topological polar surface area (TPSA) is 75.9 Å². The van der Waals surface area contributed by atoms with E-state index in [0.717, 1.165) is 23.9 Å². The highest BCUT2D eigenvalue weighted by atomic mass is 35.5. The molecule has 0 unspecified atom stereocenters. The Balaban J connectivity index is 1.66. The summed E-state index contributed by atoms with van der Waals surface area (Å²) in [6.07, 6.45) is -1.40. The second kappa shape index (κ2) is 11.3. The third-order valence-electron chi connectivity index (χ3n) is 7.63. The first-order chi connectivity index (χ1) is 20.4. The lowest BCUT2D eigenvalue weighted by molar-refractivity contribution is -0.137. The van der Waals surface area contributed by atoms with Crippen LogP contribution in [0.4, 0.5) is 27.8 Å². The molecule has 2 aliphatic rings. The third kappa shape index (κ3) is 5.69. The molecule has 1 N–H and O–H groups in total. The van der Waals surface area contributed by atoms with Crippen molar-refractivity contribution in [2.24, 2.45) is 5.92 Å². The largest absolute Gasteiger partial charge is 0.417 e. The second-order valence-corrected chi connectivity index (χ2v) is 12.5. The smallest absolute Gasteiger partial charge is 0.353 e. The number of thioether (sulfide) groups is 1. The summed E-state index contributed by atoms with van der Waals surface area (Å²) < 4.78 is 75.5. The van der Waals surface area contributed by atoms with Crippen LogP contribution in [0.3, 0.4) is 0 Å². The van der Waals surface area contributed by atoms with Gasteiger partial charge in [0.2, 0.25) is 0 Å². The van der Waals surface area contributed by atoms with Crippen molar-refractivity contribution in [2.45, 2.75) is 50.0 Å². The molecule has 226 valence electrons. The molecule has 2 aromatic heterocycles. The fourth-order valence-electron chi connectivity index (χ4n) is 5.98. The fourth-order valence-corrected chi connectivity index (χ4v) is 7.49. The van der Waals surface area contributed by atoms with E-state index in [2.05, 4.69) is 20.3 Å². The van der Waals surface area contributed by atoms with Gasteiger partial charge in [0.1, 0.15) is 23.3 Å². The average Bonchev–Trinajstić information content (AvgIpc) is 3.13. The predicted octanol–water partition coefficient (Wildman–Crippen LogP) is 5.96. The SMILES string of the molecule is C[C@@H]1CN(c2nc(=O)n3c4c(c(-c5cc(Cl)c(F)cc5F)c(C(F)(F)F)cc24)SC[C@@H](Cc2ncccn2)C3)C[C@H](C)N1. The van der Waals surface area contributed by atoms with Crippen molar-refractivity contribution in [3.8, 4) is 11.1 Å². The minimum atomic E-state index is -4.93. The van der Waals surface area contributed by atoms with Crippen molar-refractivity contribution >= 4 is 40.1 Å². The van der Waals surface area contributed by atoms with Gasteiger partial charge < -0.3 is 10.2 Å². The minimum absolute atomic E-state index is 0.0142. The maximum atomic E-state index is 15.3. The molecule has 0 spiro atoms. The molecule has 6 rings (SSSR count). The lowest BCUT2D eigenvalue weighted by atomic mass is 9.95.